The van der Waals surface area contributed by atoms with Gasteiger partial charge in [-0.25, -0.2) is 9.97 Å². The Bertz CT molecular complexity index is 708. The Kier molecular flexibility index (Phi) is 5.21. The first-order chi connectivity index (χ1) is 11.5. The number of amides is 1. The van der Waals surface area contributed by atoms with Crippen molar-refractivity contribution < 1.29 is 4.79 Å². The minimum atomic E-state index is -0.392. The summed E-state index contributed by atoms with van der Waals surface area (Å²) in [4.78, 5) is 23.1. The van der Waals surface area contributed by atoms with Gasteiger partial charge in [-0.2, -0.15) is 0 Å². The van der Waals surface area contributed by atoms with Crippen LogP contribution in [-0.2, 0) is 0 Å². The molecule has 7 heteroatoms. The quantitative estimate of drug-likeness (QED) is 0.883. The standard InChI is InChI=1S/C17H18Cl2N4O/c1-11-5-7-23(8-6-11)15-10-20-14(9-21-15)17(24)22-16-12(18)3-2-4-13(16)19/h2-4,9-11H,5-8H2,1H3,(H,22,24). The number of carbonyl (C=O) groups excluding carboxylic acids is 1. The molecule has 1 aliphatic rings. The molecule has 5 nitrogen and oxygen atoms in total. The van der Waals surface area contributed by atoms with Crippen molar-refractivity contribution in [3.8, 4) is 0 Å². The molecule has 2 heterocycles. The van der Waals surface area contributed by atoms with Gasteiger partial charge >= 0.3 is 0 Å². The van der Waals surface area contributed by atoms with Crippen molar-refractivity contribution in [2.45, 2.75) is 19.8 Å². The maximum Gasteiger partial charge on any atom is 0.275 e. The molecule has 0 saturated carbocycles. The second kappa shape index (κ2) is 7.36. The Morgan fingerprint density at radius 2 is 1.83 bits per heavy atom. The van der Waals surface area contributed by atoms with Crippen LogP contribution in [0.4, 0.5) is 11.5 Å². The first-order valence-electron chi connectivity index (χ1n) is 7.87. The molecule has 3 rings (SSSR count). The van der Waals surface area contributed by atoms with Gasteiger partial charge in [0.1, 0.15) is 11.5 Å². The van der Waals surface area contributed by atoms with Gasteiger partial charge in [0.15, 0.2) is 0 Å². The molecule has 1 aliphatic heterocycles. The predicted molar refractivity (Wildman–Crippen MR) is 97.1 cm³/mol. The molecule has 0 radical (unpaired) electrons. The van der Waals surface area contributed by atoms with Crippen molar-refractivity contribution in [3.05, 3.63) is 46.3 Å². The van der Waals surface area contributed by atoms with Gasteiger partial charge in [-0.3, -0.25) is 4.79 Å². The van der Waals surface area contributed by atoms with Crippen LogP contribution >= 0.6 is 23.2 Å². The number of aromatic nitrogens is 2. The summed E-state index contributed by atoms with van der Waals surface area (Å²) < 4.78 is 0. The van der Waals surface area contributed by atoms with E-state index in [9.17, 15) is 4.79 Å². The van der Waals surface area contributed by atoms with Crippen LogP contribution in [0.3, 0.4) is 0 Å². The molecule has 1 N–H and O–H groups in total. The lowest BCUT2D eigenvalue weighted by Gasteiger charge is -2.30. The molecule has 1 saturated heterocycles. The van der Waals surface area contributed by atoms with E-state index in [0.29, 0.717) is 15.7 Å². The average molecular weight is 365 g/mol. The SMILES string of the molecule is CC1CCN(c2cnc(C(=O)Nc3c(Cl)cccc3Cl)cn2)CC1. The van der Waals surface area contributed by atoms with Crippen LogP contribution in [0.1, 0.15) is 30.3 Å². The molecule has 126 valence electrons. The maximum atomic E-state index is 12.3. The van der Waals surface area contributed by atoms with Crippen LogP contribution in [0.25, 0.3) is 0 Å². The van der Waals surface area contributed by atoms with Crippen LogP contribution in [0.15, 0.2) is 30.6 Å². The second-order valence-electron chi connectivity index (χ2n) is 5.98. The first-order valence-corrected chi connectivity index (χ1v) is 8.62. The summed E-state index contributed by atoms with van der Waals surface area (Å²) in [5.74, 6) is 1.16. The molecule has 0 aliphatic carbocycles. The Morgan fingerprint density at radius 1 is 1.17 bits per heavy atom. The van der Waals surface area contributed by atoms with Gasteiger partial charge in [-0.05, 0) is 30.9 Å². The van der Waals surface area contributed by atoms with E-state index < -0.39 is 5.91 Å². The highest BCUT2D eigenvalue weighted by atomic mass is 35.5. The number of hydrogen-bond acceptors (Lipinski definition) is 4. The second-order valence-corrected chi connectivity index (χ2v) is 6.79. The minimum absolute atomic E-state index is 0.222. The zero-order valence-corrected chi connectivity index (χ0v) is 14.8. The zero-order chi connectivity index (χ0) is 17.1. The van der Waals surface area contributed by atoms with E-state index in [1.54, 1.807) is 24.4 Å². The summed E-state index contributed by atoms with van der Waals surface area (Å²) in [5, 5.41) is 3.44. The van der Waals surface area contributed by atoms with Crippen molar-refractivity contribution in [3.63, 3.8) is 0 Å². The number of para-hydroxylation sites is 1. The molecule has 0 bridgehead atoms. The van der Waals surface area contributed by atoms with Gasteiger partial charge in [0.25, 0.3) is 5.91 Å². The highest BCUT2D eigenvalue weighted by Crippen LogP contribution is 2.30. The lowest BCUT2D eigenvalue weighted by Crippen LogP contribution is -2.33. The number of piperidine rings is 1. The number of benzene rings is 1. The Balaban J connectivity index is 1.70. The summed E-state index contributed by atoms with van der Waals surface area (Å²) in [6.07, 6.45) is 5.41. The molecule has 2 aromatic rings. The molecule has 1 aromatic carbocycles. The normalized spacial score (nSPS) is 15.4. The zero-order valence-electron chi connectivity index (χ0n) is 13.3. The Hall–Kier alpha value is -1.85. The van der Waals surface area contributed by atoms with Gasteiger partial charge in [0.05, 0.1) is 28.1 Å². The number of nitrogens with zero attached hydrogens (tertiary/aromatic N) is 3. The van der Waals surface area contributed by atoms with E-state index in [4.69, 9.17) is 23.2 Å². The summed E-state index contributed by atoms with van der Waals surface area (Å²) in [6, 6.07) is 5.04. The highest BCUT2D eigenvalue weighted by molar-refractivity contribution is 6.39. The first kappa shape index (κ1) is 17.0. The van der Waals surface area contributed by atoms with Crippen molar-refractivity contribution >= 4 is 40.6 Å². The summed E-state index contributed by atoms with van der Waals surface area (Å²) >= 11 is 12.1. The van der Waals surface area contributed by atoms with E-state index in [0.717, 1.165) is 37.7 Å². The monoisotopic (exact) mass is 364 g/mol. The summed E-state index contributed by atoms with van der Waals surface area (Å²) in [5.41, 5.74) is 0.599. The van der Waals surface area contributed by atoms with E-state index in [-0.39, 0.29) is 5.69 Å². The maximum absolute atomic E-state index is 12.3. The fourth-order valence-corrected chi connectivity index (χ4v) is 3.13. The molecule has 0 atom stereocenters. The number of anilines is 2. The molecule has 24 heavy (non-hydrogen) atoms. The van der Waals surface area contributed by atoms with Gasteiger partial charge in [-0.15, -0.1) is 0 Å². The van der Waals surface area contributed by atoms with Crippen LogP contribution in [0, 0.1) is 5.92 Å². The molecule has 1 aromatic heterocycles. The third-order valence-corrected chi connectivity index (χ3v) is 4.81. The summed E-state index contributed by atoms with van der Waals surface area (Å²) in [7, 11) is 0. The van der Waals surface area contributed by atoms with Gasteiger partial charge < -0.3 is 10.2 Å². The average Bonchev–Trinajstić information content (AvgIpc) is 2.59. The largest absolute Gasteiger partial charge is 0.355 e. The third kappa shape index (κ3) is 3.79. The fourth-order valence-electron chi connectivity index (χ4n) is 2.63. The van der Waals surface area contributed by atoms with Crippen molar-refractivity contribution in [2.75, 3.05) is 23.3 Å². The van der Waals surface area contributed by atoms with Crippen LogP contribution in [0.5, 0.6) is 0 Å². The molecule has 0 spiro atoms. The molecular formula is C17H18Cl2N4O. The molecular weight excluding hydrogens is 347 g/mol. The Labute approximate surface area is 151 Å². The van der Waals surface area contributed by atoms with Crippen LogP contribution in [-0.4, -0.2) is 29.0 Å². The van der Waals surface area contributed by atoms with Crippen molar-refractivity contribution in [1.82, 2.24) is 9.97 Å². The number of carbonyl (C=O) groups is 1. The molecule has 1 amide bonds. The predicted octanol–water partition coefficient (Wildman–Crippen LogP) is 4.27. The highest BCUT2D eigenvalue weighted by Gasteiger charge is 2.18. The smallest absolute Gasteiger partial charge is 0.275 e. The van der Waals surface area contributed by atoms with Gasteiger partial charge in [0, 0.05) is 13.1 Å². The minimum Gasteiger partial charge on any atom is -0.355 e. The van der Waals surface area contributed by atoms with E-state index >= 15 is 0 Å². The van der Waals surface area contributed by atoms with Crippen LogP contribution < -0.4 is 10.2 Å². The van der Waals surface area contributed by atoms with Crippen LogP contribution in [0.2, 0.25) is 10.0 Å². The number of nitrogens with one attached hydrogen (secondary N) is 1. The van der Waals surface area contributed by atoms with E-state index in [1.165, 1.54) is 6.20 Å². The lowest BCUT2D eigenvalue weighted by molar-refractivity contribution is 0.102. The van der Waals surface area contributed by atoms with E-state index in [1.807, 2.05) is 0 Å². The van der Waals surface area contributed by atoms with Crippen molar-refractivity contribution in [2.24, 2.45) is 5.92 Å². The number of hydrogen-bond donors (Lipinski definition) is 1. The third-order valence-electron chi connectivity index (χ3n) is 4.18. The fraction of sp³-hybridized carbons (Fsp3) is 0.353. The van der Waals surface area contributed by atoms with E-state index in [2.05, 4.69) is 27.1 Å². The van der Waals surface area contributed by atoms with Gasteiger partial charge in [-0.1, -0.05) is 36.2 Å². The van der Waals surface area contributed by atoms with Gasteiger partial charge in [0.2, 0.25) is 0 Å². The Morgan fingerprint density at radius 3 is 2.42 bits per heavy atom. The summed E-state index contributed by atoms with van der Waals surface area (Å²) in [6.45, 7) is 4.20. The lowest BCUT2D eigenvalue weighted by atomic mass is 9.99. The molecule has 1 fully saturated rings. The topological polar surface area (TPSA) is 58.1 Å². The van der Waals surface area contributed by atoms with Crippen molar-refractivity contribution in [1.29, 1.82) is 0 Å². The number of rotatable bonds is 3. The molecule has 0 unspecified atom stereocenters. The number of halogens is 2.